The number of halogens is 1. The first-order chi connectivity index (χ1) is 15.4. The Morgan fingerprint density at radius 3 is 2.41 bits per heavy atom. The van der Waals surface area contributed by atoms with Gasteiger partial charge in [0.15, 0.2) is 0 Å². The fraction of sp³-hybridized carbons (Fsp3) is 0.150. The molecular weight excluding hydrogens is 439 g/mol. The molecule has 0 saturated heterocycles. The summed E-state index contributed by atoms with van der Waals surface area (Å²) < 4.78 is 32.4. The van der Waals surface area contributed by atoms with Crippen LogP contribution in [0.25, 0.3) is 0 Å². The lowest BCUT2D eigenvalue weighted by Gasteiger charge is -2.10. The minimum atomic E-state index is -2.28. The summed E-state index contributed by atoms with van der Waals surface area (Å²) in [5, 5.41) is 2.70. The second-order valence-electron chi connectivity index (χ2n) is 6.59. The van der Waals surface area contributed by atoms with Crippen molar-refractivity contribution in [1.29, 1.82) is 0 Å². The average Bonchev–Trinajstić information content (AvgIpc) is 2.78. The summed E-state index contributed by atoms with van der Waals surface area (Å²) in [6.07, 6.45) is 1.16. The maximum absolute atomic E-state index is 12.4. The number of nitrogens with one attached hydrogen (secondary N) is 1. The molecule has 0 bridgehead atoms. The minimum Gasteiger partial charge on any atom is -0.494 e. The number of carbonyl (C=O) groups is 1. The lowest BCUT2D eigenvalue weighted by atomic mass is 10.1. The Labute approximate surface area is 185 Å². The lowest BCUT2D eigenvalue weighted by Crippen LogP contribution is -2.12. The zero-order chi connectivity index (χ0) is 23.1. The van der Waals surface area contributed by atoms with Gasteiger partial charge in [0.2, 0.25) is 17.0 Å². The van der Waals surface area contributed by atoms with Gasteiger partial charge < -0.3 is 27.3 Å². The van der Waals surface area contributed by atoms with Gasteiger partial charge in [-0.2, -0.15) is 9.97 Å². The second kappa shape index (κ2) is 10.5. The smallest absolute Gasteiger partial charge is 0.255 e. The highest BCUT2D eigenvalue weighted by Gasteiger charge is 2.11. The predicted molar refractivity (Wildman–Crippen MR) is 119 cm³/mol. The maximum Gasteiger partial charge on any atom is 0.255 e. The maximum atomic E-state index is 12.4. The monoisotopic (exact) mass is 460 g/mol. The second-order valence-corrected chi connectivity index (χ2v) is 7.65. The van der Waals surface area contributed by atoms with E-state index in [2.05, 4.69) is 19.7 Å². The Bertz CT molecular complexity index is 1110. The highest BCUT2D eigenvalue weighted by Crippen LogP contribution is 2.20. The highest BCUT2D eigenvalue weighted by molar-refractivity contribution is 7.80. The van der Waals surface area contributed by atoms with Crippen LogP contribution < -0.4 is 27.3 Å². The van der Waals surface area contributed by atoms with Crippen LogP contribution in [0.1, 0.15) is 22.3 Å². The fourth-order valence-corrected chi connectivity index (χ4v) is 3.33. The fourth-order valence-electron chi connectivity index (χ4n) is 2.85. The average molecular weight is 460 g/mol. The van der Waals surface area contributed by atoms with Crippen LogP contribution in [-0.2, 0) is 21.9 Å². The van der Waals surface area contributed by atoms with Crippen molar-refractivity contribution in [2.24, 2.45) is 0 Å². The van der Waals surface area contributed by atoms with E-state index >= 15 is 0 Å². The van der Waals surface area contributed by atoms with Crippen molar-refractivity contribution in [3.8, 4) is 5.75 Å². The molecule has 168 valence electrons. The van der Waals surface area contributed by atoms with Gasteiger partial charge in [-0.25, -0.2) is 4.21 Å². The van der Waals surface area contributed by atoms with Crippen LogP contribution in [0.15, 0.2) is 53.4 Å². The van der Waals surface area contributed by atoms with Crippen LogP contribution in [-0.4, -0.2) is 26.7 Å². The van der Waals surface area contributed by atoms with Gasteiger partial charge in [-0.05, 0) is 59.8 Å². The predicted octanol–water partition coefficient (Wildman–Crippen LogP) is 2.41. The number of nitrogen functional groups attached to an aromatic ring is 3. The van der Waals surface area contributed by atoms with Crippen molar-refractivity contribution in [3.63, 3.8) is 0 Å². The summed E-state index contributed by atoms with van der Waals surface area (Å²) in [6, 6.07) is 12.4. The Kier molecular flexibility index (Phi) is 7.52. The van der Waals surface area contributed by atoms with E-state index in [1.807, 2.05) is 0 Å². The molecule has 0 aliphatic carbocycles. The number of anilines is 4. The zero-order valence-corrected chi connectivity index (χ0v) is 17.6. The van der Waals surface area contributed by atoms with Gasteiger partial charge in [-0.3, -0.25) is 4.79 Å². The van der Waals surface area contributed by atoms with Crippen molar-refractivity contribution in [1.82, 2.24) is 9.97 Å². The molecule has 0 aliphatic heterocycles. The number of ether oxygens (including phenoxy) is 1. The van der Waals surface area contributed by atoms with Crippen molar-refractivity contribution >= 4 is 40.3 Å². The van der Waals surface area contributed by atoms with Gasteiger partial charge in [-0.15, -0.1) is 0 Å². The quantitative estimate of drug-likeness (QED) is 0.350. The lowest BCUT2D eigenvalue weighted by molar-refractivity contribution is 0.0125. The Morgan fingerprint density at radius 2 is 1.75 bits per heavy atom. The molecule has 1 atom stereocenters. The van der Waals surface area contributed by atoms with Gasteiger partial charge in [-0.1, -0.05) is 10.5 Å². The topological polar surface area (TPSA) is 168 Å². The van der Waals surface area contributed by atoms with Crippen LogP contribution in [0, 0.1) is 0 Å². The third-order valence-electron chi connectivity index (χ3n) is 4.39. The van der Waals surface area contributed by atoms with E-state index < -0.39 is 17.0 Å². The molecular formula is C20H21FN6O4S. The van der Waals surface area contributed by atoms with E-state index in [-0.39, 0.29) is 28.0 Å². The van der Waals surface area contributed by atoms with Gasteiger partial charge in [0.25, 0.3) is 5.91 Å². The van der Waals surface area contributed by atoms with Crippen molar-refractivity contribution in [2.45, 2.75) is 17.7 Å². The molecule has 10 nitrogen and oxygen atoms in total. The number of carbonyl (C=O) groups excluding carboxylic acids is 1. The molecule has 7 N–H and O–H groups in total. The SMILES string of the molecule is Nc1nc(N)c(CCCOc2ccc(NC(=O)c3cccc([S@](=O)OF)c3)cc2)c(N)n1. The molecule has 1 aromatic heterocycles. The molecule has 0 radical (unpaired) electrons. The van der Waals surface area contributed by atoms with E-state index in [1.54, 1.807) is 24.3 Å². The summed E-state index contributed by atoms with van der Waals surface area (Å²) in [7, 11) is 0. The van der Waals surface area contributed by atoms with E-state index in [0.717, 1.165) is 0 Å². The minimum absolute atomic E-state index is 0.0311. The molecule has 0 unspecified atom stereocenters. The zero-order valence-electron chi connectivity index (χ0n) is 16.8. The Hall–Kier alpha value is -3.77. The summed E-state index contributed by atoms with van der Waals surface area (Å²) in [4.78, 5) is 20.2. The van der Waals surface area contributed by atoms with E-state index in [1.165, 1.54) is 24.3 Å². The summed E-state index contributed by atoms with van der Waals surface area (Å²) in [6.45, 7) is 0.398. The van der Waals surface area contributed by atoms with Gasteiger partial charge in [0.05, 0.1) is 11.5 Å². The summed E-state index contributed by atoms with van der Waals surface area (Å²) in [5.74, 6) is 0.698. The van der Waals surface area contributed by atoms with Crippen molar-refractivity contribution < 1.29 is 22.7 Å². The van der Waals surface area contributed by atoms with Crippen molar-refractivity contribution in [3.05, 3.63) is 59.7 Å². The molecule has 0 aliphatic rings. The molecule has 3 aromatic rings. The van der Waals surface area contributed by atoms with Crippen LogP contribution in [0.4, 0.5) is 27.8 Å². The molecule has 2 aromatic carbocycles. The molecule has 32 heavy (non-hydrogen) atoms. The molecule has 0 spiro atoms. The van der Waals surface area contributed by atoms with Crippen LogP contribution in [0.3, 0.4) is 0 Å². The van der Waals surface area contributed by atoms with Crippen LogP contribution in [0.5, 0.6) is 5.75 Å². The third kappa shape index (κ3) is 5.89. The number of rotatable bonds is 9. The normalized spacial score (nSPS) is 11.7. The summed E-state index contributed by atoms with van der Waals surface area (Å²) >= 11 is -2.28. The number of nitrogens with two attached hydrogens (primary N) is 3. The van der Waals surface area contributed by atoms with Crippen molar-refractivity contribution in [2.75, 3.05) is 29.1 Å². The van der Waals surface area contributed by atoms with E-state index in [9.17, 15) is 13.5 Å². The highest BCUT2D eigenvalue weighted by atomic mass is 32.2. The molecule has 0 saturated carbocycles. The van der Waals surface area contributed by atoms with E-state index in [0.29, 0.717) is 36.4 Å². The molecule has 1 heterocycles. The van der Waals surface area contributed by atoms with Gasteiger partial charge in [0, 0.05) is 16.8 Å². The number of nitrogens with zero attached hydrogens (tertiary/aromatic N) is 2. The first-order valence-electron chi connectivity index (χ1n) is 9.40. The molecule has 12 heteroatoms. The third-order valence-corrected chi connectivity index (χ3v) is 5.14. The standard InChI is InChI=1S/C20H21FN6O4S/c21-31-32(29)15-4-1-3-12(11-15)19(28)25-13-6-8-14(9-7-13)30-10-2-5-16-17(22)26-20(24)27-18(16)23/h1,3-4,6-9,11H,2,5,10H2,(H,25,28)(H6,22,23,24,26,27)/t32-/m1/s1. The number of hydrogen-bond acceptors (Lipinski definition) is 9. The van der Waals surface area contributed by atoms with Crippen LogP contribution >= 0.6 is 0 Å². The number of benzene rings is 2. The number of hydrogen-bond donors (Lipinski definition) is 4. The first-order valence-corrected chi connectivity index (χ1v) is 10.5. The largest absolute Gasteiger partial charge is 0.494 e. The summed E-state index contributed by atoms with van der Waals surface area (Å²) in [5.41, 5.74) is 18.5. The van der Waals surface area contributed by atoms with Crippen LogP contribution in [0.2, 0.25) is 0 Å². The number of amides is 1. The molecule has 3 rings (SSSR count). The first kappa shape index (κ1) is 22.9. The molecule has 1 amide bonds. The Balaban J connectivity index is 1.51. The van der Waals surface area contributed by atoms with Gasteiger partial charge >= 0.3 is 0 Å². The Morgan fingerprint density at radius 1 is 1.06 bits per heavy atom. The van der Waals surface area contributed by atoms with E-state index in [4.69, 9.17) is 21.9 Å². The van der Waals surface area contributed by atoms with Gasteiger partial charge in [0.1, 0.15) is 17.4 Å². The number of aromatic nitrogens is 2. The molecule has 0 fully saturated rings.